The first-order valence-electron chi connectivity index (χ1n) is 8.21. The molecule has 0 heterocycles. The number of carbonyl (C=O) groups is 1. The van der Waals surface area contributed by atoms with Gasteiger partial charge < -0.3 is 4.43 Å². The molecule has 0 fully saturated rings. The van der Waals surface area contributed by atoms with Crippen molar-refractivity contribution in [1.82, 2.24) is 5.06 Å². The third kappa shape index (κ3) is 9.50. The molecule has 7 nitrogen and oxygen atoms in total. The SMILES string of the molecule is C=CCON(C=O)CC(COS(C)(=O)=O)C(C)O[Si](C)(C)C(C)(C)C. The van der Waals surface area contributed by atoms with Gasteiger partial charge in [-0.1, -0.05) is 26.8 Å². The lowest BCUT2D eigenvalue weighted by Gasteiger charge is -2.40. The Morgan fingerprint density at radius 2 is 1.84 bits per heavy atom. The summed E-state index contributed by atoms with van der Waals surface area (Å²) in [6.07, 6.45) is 2.76. The molecule has 0 radical (unpaired) electrons. The zero-order valence-electron chi connectivity index (χ0n) is 16.4. The molecule has 0 saturated heterocycles. The van der Waals surface area contributed by atoms with E-state index in [0.717, 1.165) is 11.3 Å². The van der Waals surface area contributed by atoms with E-state index in [-0.39, 0.29) is 36.8 Å². The van der Waals surface area contributed by atoms with Crippen LogP contribution in [0.25, 0.3) is 0 Å². The summed E-state index contributed by atoms with van der Waals surface area (Å²) in [7, 11) is -5.65. The van der Waals surface area contributed by atoms with Gasteiger partial charge in [0, 0.05) is 12.0 Å². The molecule has 0 spiro atoms. The van der Waals surface area contributed by atoms with Gasteiger partial charge in [-0.15, -0.1) is 6.58 Å². The van der Waals surface area contributed by atoms with Gasteiger partial charge in [0.2, 0.25) is 6.41 Å². The van der Waals surface area contributed by atoms with Crippen LogP contribution in [0.15, 0.2) is 12.7 Å². The Balaban J connectivity index is 5.21. The molecule has 2 unspecified atom stereocenters. The summed E-state index contributed by atoms with van der Waals surface area (Å²) in [5.74, 6) is -0.362. The van der Waals surface area contributed by atoms with E-state index in [4.69, 9.17) is 13.4 Å². The minimum absolute atomic E-state index is 0.00713. The van der Waals surface area contributed by atoms with Gasteiger partial charge in [0.1, 0.15) is 0 Å². The highest BCUT2D eigenvalue weighted by atomic mass is 32.2. The highest BCUT2D eigenvalue weighted by molar-refractivity contribution is 7.85. The van der Waals surface area contributed by atoms with Crippen molar-refractivity contribution in [2.45, 2.75) is 51.9 Å². The smallest absolute Gasteiger partial charge is 0.264 e. The predicted octanol–water partition coefficient (Wildman–Crippen LogP) is 2.57. The van der Waals surface area contributed by atoms with Crippen LogP contribution in [0.1, 0.15) is 27.7 Å². The van der Waals surface area contributed by atoms with Gasteiger partial charge in [-0.2, -0.15) is 8.42 Å². The van der Waals surface area contributed by atoms with Crippen molar-refractivity contribution in [2.24, 2.45) is 5.92 Å². The molecule has 0 saturated carbocycles. The molecule has 25 heavy (non-hydrogen) atoms. The fourth-order valence-electron chi connectivity index (χ4n) is 1.79. The van der Waals surface area contributed by atoms with Crippen LogP contribution in [0.4, 0.5) is 0 Å². The van der Waals surface area contributed by atoms with Gasteiger partial charge in [0.05, 0.1) is 26.0 Å². The molecule has 0 rings (SSSR count). The number of nitrogens with zero attached hydrogens (tertiary/aromatic N) is 1. The van der Waals surface area contributed by atoms with Crippen molar-refractivity contribution in [2.75, 3.05) is 26.0 Å². The Morgan fingerprint density at radius 3 is 2.24 bits per heavy atom. The second-order valence-electron chi connectivity index (χ2n) is 7.62. The van der Waals surface area contributed by atoms with E-state index in [1.807, 2.05) is 6.92 Å². The first kappa shape index (κ1) is 24.3. The van der Waals surface area contributed by atoms with Crippen molar-refractivity contribution in [3.8, 4) is 0 Å². The first-order chi connectivity index (χ1) is 11.2. The summed E-state index contributed by atoms with van der Waals surface area (Å²) in [5.41, 5.74) is 0. The lowest BCUT2D eigenvalue weighted by atomic mass is 10.1. The van der Waals surface area contributed by atoms with Gasteiger partial charge in [0.25, 0.3) is 10.1 Å². The predicted molar refractivity (Wildman–Crippen MR) is 101 cm³/mol. The summed E-state index contributed by atoms with van der Waals surface area (Å²) in [4.78, 5) is 16.4. The molecule has 0 aromatic heterocycles. The average molecular weight is 396 g/mol. The van der Waals surface area contributed by atoms with Crippen LogP contribution < -0.4 is 0 Å². The molecule has 2 atom stereocenters. The molecule has 0 aliphatic carbocycles. The molecule has 0 aliphatic heterocycles. The van der Waals surface area contributed by atoms with Crippen molar-refractivity contribution in [3.63, 3.8) is 0 Å². The maximum absolute atomic E-state index is 11.3. The lowest BCUT2D eigenvalue weighted by molar-refractivity contribution is -0.174. The van der Waals surface area contributed by atoms with Gasteiger partial charge >= 0.3 is 0 Å². The van der Waals surface area contributed by atoms with Crippen LogP contribution in [0.5, 0.6) is 0 Å². The summed E-state index contributed by atoms with van der Waals surface area (Å²) in [6, 6.07) is 0. The molecule has 0 aromatic carbocycles. The largest absolute Gasteiger partial charge is 0.414 e. The lowest BCUT2D eigenvalue weighted by Crippen LogP contribution is -2.47. The van der Waals surface area contributed by atoms with Gasteiger partial charge in [-0.05, 0) is 25.1 Å². The number of rotatable bonds is 12. The van der Waals surface area contributed by atoms with Gasteiger partial charge in [0.15, 0.2) is 8.32 Å². The Bertz CT molecular complexity index is 529. The van der Waals surface area contributed by atoms with Gasteiger partial charge in [-0.25, -0.2) is 5.06 Å². The summed E-state index contributed by atoms with van der Waals surface area (Å²) >= 11 is 0. The standard InChI is InChI=1S/C16H33NO6SSi/c1-9-10-21-17(13-18)11-15(12-22-24(6,19)20)14(2)23-25(7,8)16(3,4)5/h9,13-15H,1,10-12H2,2-8H3. The fraction of sp³-hybridized carbons (Fsp3) is 0.812. The van der Waals surface area contributed by atoms with E-state index in [0.29, 0.717) is 6.41 Å². The van der Waals surface area contributed by atoms with Crippen molar-refractivity contribution in [3.05, 3.63) is 12.7 Å². The Morgan fingerprint density at radius 1 is 1.28 bits per heavy atom. The Labute approximate surface area is 153 Å². The van der Waals surface area contributed by atoms with Crippen LogP contribution in [0.3, 0.4) is 0 Å². The molecule has 1 amide bonds. The van der Waals surface area contributed by atoms with E-state index >= 15 is 0 Å². The number of amides is 1. The molecule has 0 aliphatic rings. The second-order valence-corrected chi connectivity index (χ2v) is 14.0. The topological polar surface area (TPSA) is 82.1 Å². The normalized spacial score (nSPS) is 15.5. The maximum Gasteiger partial charge on any atom is 0.264 e. The van der Waals surface area contributed by atoms with Crippen LogP contribution in [-0.2, 0) is 28.4 Å². The average Bonchev–Trinajstić information content (AvgIpc) is 2.43. The van der Waals surface area contributed by atoms with Gasteiger partial charge in [-0.3, -0.25) is 13.8 Å². The van der Waals surface area contributed by atoms with Crippen LogP contribution in [-0.4, -0.2) is 60.3 Å². The van der Waals surface area contributed by atoms with Crippen molar-refractivity contribution >= 4 is 24.8 Å². The Kier molecular flexibility index (Phi) is 9.53. The number of hydroxylamine groups is 2. The Hall–Kier alpha value is -0.743. The summed E-state index contributed by atoms with van der Waals surface area (Å²) in [5, 5.41) is 1.12. The zero-order valence-corrected chi connectivity index (χ0v) is 18.3. The number of hydrogen-bond donors (Lipinski definition) is 0. The minimum atomic E-state index is -3.59. The zero-order chi connectivity index (χ0) is 19.9. The quantitative estimate of drug-likeness (QED) is 0.166. The minimum Gasteiger partial charge on any atom is -0.414 e. The monoisotopic (exact) mass is 395 g/mol. The maximum atomic E-state index is 11.3. The van der Waals surface area contributed by atoms with E-state index < -0.39 is 18.4 Å². The van der Waals surface area contributed by atoms with Crippen molar-refractivity contribution < 1.29 is 26.7 Å². The highest BCUT2D eigenvalue weighted by Gasteiger charge is 2.40. The van der Waals surface area contributed by atoms with Crippen molar-refractivity contribution in [1.29, 1.82) is 0 Å². The molecule has 0 N–H and O–H groups in total. The van der Waals surface area contributed by atoms with Crippen LogP contribution >= 0.6 is 0 Å². The molecule has 0 bridgehead atoms. The van der Waals surface area contributed by atoms with E-state index in [1.54, 1.807) is 0 Å². The summed E-state index contributed by atoms with van der Waals surface area (Å²) in [6.45, 7) is 16.2. The number of hydrogen-bond acceptors (Lipinski definition) is 6. The molecule has 0 aromatic rings. The fourth-order valence-corrected chi connectivity index (χ4v) is 3.69. The molecule has 9 heteroatoms. The molecular weight excluding hydrogens is 362 g/mol. The van der Waals surface area contributed by atoms with Crippen LogP contribution in [0, 0.1) is 5.92 Å². The van der Waals surface area contributed by atoms with Crippen LogP contribution in [0.2, 0.25) is 18.1 Å². The highest BCUT2D eigenvalue weighted by Crippen LogP contribution is 2.38. The van der Waals surface area contributed by atoms with E-state index in [2.05, 4.69) is 40.4 Å². The third-order valence-corrected chi connectivity index (χ3v) is 9.47. The van der Waals surface area contributed by atoms with E-state index in [1.165, 1.54) is 6.08 Å². The second kappa shape index (κ2) is 9.82. The molecular formula is C16H33NO6SSi. The molecule has 148 valence electrons. The van der Waals surface area contributed by atoms with E-state index in [9.17, 15) is 13.2 Å². The third-order valence-electron chi connectivity index (χ3n) is 4.34. The number of carbonyl (C=O) groups excluding carboxylic acids is 1. The first-order valence-corrected chi connectivity index (χ1v) is 12.9. The summed E-state index contributed by atoms with van der Waals surface area (Å²) < 4.78 is 34.0.